The molecule has 8 heteroatoms. The molecule has 0 saturated carbocycles. The first-order valence-electron chi connectivity index (χ1n) is 8.59. The molecule has 2 N–H and O–H groups in total. The van der Waals surface area contributed by atoms with E-state index in [1.54, 1.807) is 16.7 Å². The van der Waals surface area contributed by atoms with Crippen LogP contribution in [0.3, 0.4) is 0 Å². The molecule has 1 aromatic carbocycles. The van der Waals surface area contributed by atoms with E-state index < -0.39 is 17.9 Å². The zero-order chi connectivity index (χ0) is 19.5. The Hall–Kier alpha value is -2.97. The number of esters is 1. The number of rotatable bonds is 6. The standard InChI is InChI=1S/C20H17N3O3S2/c1-26-20(25)15(9-12-10-21-14-6-3-2-5-13(12)14)22-18(24)16-11-28-19(23-16)17-7-4-8-27-17/h2-8,10-11,15,21H,9H2,1H3,(H,22,24)/t15-/m1/s1. The highest BCUT2D eigenvalue weighted by Crippen LogP contribution is 2.28. The van der Waals surface area contributed by atoms with E-state index in [0.717, 1.165) is 26.4 Å². The van der Waals surface area contributed by atoms with E-state index in [-0.39, 0.29) is 0 Å². The SMILES string of the molecule is COC(=O)[C@@H](Cc1c[nH]c2ccccc12)NC(=O)c1csc(-c2cccs2)n1. The van der Waals surface area contributed by atoms with E-state index in [4.69, 9.17) is 4.74 Å². The summed E-state index contributed by atoms with van der Waals surface area (Å²) in [5.41, 5.74) is 2.21. The summed E-state index contributed by atoms with van der Waals surface area (Å²) in [5, 5.41) is 8.22. The number of hydrogen-bond acceptors (Lipinski definition) is 6. The van der Waals surface area contributed by atoms with Crippen LogP contribution in [-0.2, 0) is 16.0 Å². The van der Waals surface area contributed by atoms with Gasteiger partial charge in [-0.15, -0.1) is 22.7 Å². The highest BCUT2D eigenvalue weighted by atomic mass is 32.1. The first-order valence-corrected chi connectivity index (χ1v) is 10.3. The van der Waals surface area contributed by atoms with Crippen molar-refractivity contribution < 1.29 is 14.3 Å². The number of ether oxygens (including phenoxy) is 1. The third kappa shape index (κ3) is 3.69. The third-order valence-corrected chi connectivity index (χ3v) is 6.24. The van der Waals surface area contributed by atoms with Crippen molar-refractivity contribution >= 4 is 45.5 Å². The topological polar surface area (TPSA) is 84.1 Å². The molecule has 4 aromatic rings. The monoisotopic (exact) mass is 411 g/mol. The highest BCUT2D eigenvalue weighted by Gasteiger charge is 2.25. The average molecular weight is 412 g/mol. The van der Waals surface area contributed by atoms with Crippen molar-refractivity contribution in [3.8, 4) is 9.88 Å². The Morgan fingerprint density at radius 1 is 1.21 bits per heavy atom. The zero-order valence-corrected chi connectivity index (χ0v) is 16.6. The van der Waals surface area contributed by atoms with Gasteiger partial charge in [0.15, 0.2) is 0 Å². The van der Waals surface area contributed by atoms with Crippen molar-refractivity contribution in [3.63, 3.8) is 0 Å². The van der Waals surface area contributed by atoms with Crippen molar-refractivity contribution in [3.05, 3.63) is 64.6 Å². The Kier molecular flexibility index (Phi) is 5.23. The molecule has 3 heterocycles. The molecule has 0 aliphatic carbocycles. The van der Waals surface area contributed by atoms with Gasteiger partial charge in [0.2, 0.25) is 0 Å². The quantitative estimate of drug-likeness (QED) is 0.472. The van der Waals surface area contributed by atoms with Crippen LogP contribution in [0.5, 0.6) is 0 Å². The Morgan fingerprint density at radius 3 is 2.86 bits per heavy atom. The first kappa shape index (κ1) is 18.4. The minimum absolute atomic E-state index is 0.293. The molecule has 3 aromatic heterocycles. The number of nitrogens with one attached hydrogen (secondary N) is 2. The Bertz CT molecular complexity index is 1110. The molecule has 0 radical (unpaired) electrons. The van der Waals surface area contributed by atoms with E-state index in [1.807, 2.05) is 48.0 Å². The summed E-state index contributed by atoms with van der Waals surface area (Å²) in [4.78, 5) is 33.5. The van der Waals surface area contributed by atoms with Crippen LogP contribution in [0, 0.1) is 0 Å². The smallest absolute Gasteiger partial charge is 0.328 e. The average Bonchev–Trinajstić information content (AvgIpc) is 3.46. The van der Waals surface area contributed by atoms with Crippen LogP contribution in [-0.4, -0.2) is 35.0 Å². The van der Waals surface area contributed by atoms with Gasteiger partial charge >= 0.3 is 5.97 Å². The van der Waals surface area contributed by atoms with Gasteiger partial charge in [0.25, 0.3) is 5.91 Å². The van der Waals surface area contributed by atoms with E-state index in [0.29, 0.717) is 12.1 Å². The number of para-hydroxylation sites is 1. The van der Waals surface area contributed by atoms with Crippen LogP contribution < -0.4 is 5.32 Å². The Morgan fingerprint density at radius 2 is 2.07 bits per heavy atom. The predicted molar refractivity (Wildman–Crippen MR) is 111 cm³/mol. The van der Waals surface area contributed by atoms with Gasteiger partial charge in [0.05, 0.1) is 12.0 Å². The maximum atomic E-state index is 12.7. The van der Waals surface area contributed by atoms with E-state index in [9.17, 15) is 9.59 Å². The number of thiophene rings is 1. The van der Waals surface area contributed by atoms with Gasteiger partial charge in [-0.2, -0.15) is 0 Å². The van der Waals surface area contributed by atoms with Crippen LogP contribution in [0.15, 0.2) is 53.4 Å². The fourth-order valence-electron chi connectivity index (χ4n) is 2.98. The van der Waals surface area contributed by atoms with Gasteiger partial charge in [-0.1, -0.05) is 24.3 Å². The second-order valence-corrected chi connectivity index (χ2v) is 7.93. The molecule has 1 amide bonds. The minimum Gasteiger partial charge on any atom is -0.467 e. The molecule has 0 bridgehead atoms. The Balaban J connectivity index is 1.53. The lowest BCUT2D eigenvalue weighted by Crippen LogP contribution is -2.43. The van der Waals surface area contributed by atoms with Crippen LogP contribution in [0.4, 0.5) is 0 Å². The van der Waals surface area contributed by atoms with Crippen LogP contribution in [0.1, 0.15) is 16.1 Å². The van der Waals surface area contributed by atoms with Crippen LogP contribution in [0.2, 0.25) is 0 Å². The molecule has 0 fully saturated rings. The van der Waals surface area contributed by atoms with Crippen molar-refractivity contribution in [1.82, 2.24) is 15.3 Å². The number of benzene rings is 1. The normalized spacial score (nSPS) is 12.0. The molecule has 0 spiro atoms. The summed E-state index contributed by atoms with van der Waals surface area (Å²) >= 11 is 2.97. The number of thiazole rings is 1. The summed E-state index contributed by atoms with van der Waals surface area (Å²) in [5.74, 6) is -0.887. The molecule has 0 saturated heterocycles. The van der Waals surface area contributed by atoms with Crippen molar-refractivity contribution in [2.24, 2.45) is 0 Å². The number of amides is 1. The number of nitrogens with zero attached hydrogens (tertiary/aromatic N) is 1. The van der Waals surface area contributed by atoms with E-state index >= 15 is 0 Å². The molecule has 0 aliphatic rings. The number of carbonyl (C=O) groups excluding carboxylic acids is 2. The van der Waals surface area contributed by atoms with E-state index in [1.165, 1.54) is 18.4 Å². The summed E-state index contributed by atoms with van der Waals surface area (Å²) in [7, 11) is 1.31. The molecular weight excluding hydrogens is 394 g/mol. The lowest BCUT2D eigenvalue weighted by atomic mass is 10.0. The maximum absolute atomic E-state index is 12.7. The highest BCUT2D eigenvalue weighted by molar-refractivity contribution is 7.20. The molecule has 1 atom stereocenters. The second-order valence-electron chi connectivity index (χ2n) is 6.13. The molecule has 6 nitrogen and oxygen atoms in total. The predicted octanol–water partition coefficient (Wildman–Crippen LogP) is 3.87. The van der Waals surface area contributed by atoms with Gasteiger partial charge in [-0.3, -0.25) is 4.79 Å². The fraction of sp³-hybridized carbons (Fsp3) is 0.150. The number of fused-ring (bicyclic) bond motifs is 1. The summed E-state index contributed by atoms with van der Waals surface area (Å²) in [6.45, 7) is 0. The summed E-state index contributed by atoms with van der Waals surface area (Å²) in [6, 6.07) is 10.9. The number of methoxy groups -OCH3 is 1. The third-order valence-electron chi connectivity index (χ3n) is 4.36. The molecule has 0 aliphatic heterocycles. The minimum atomic E-state index is -0.802. The number of aromatic nitrogens is 2. The molecule has 0 unspecified atom stereocenters. The zero-order valence-electron chi connectivity index (χ0n) is 15.0. The molecule has 28 heavy (non-hydrogen) atoms. The van der Waals surface area contributed by atoms with Gasteiger partial charge in [0.1, 0.15) is 16.7 Å². The summed E-state index contributed by atoms with van der Waals surface area (Å²) < 4.78 is 4.89. The number of H-pyrrole nitrogens is 1. The maximum Gasteiger partial charge on any atom is 0.328 e. The molecule has 4 rings (SSSR count). The lowest BCUT2D eigenvalue weighted by Gasteiger charge is -2.15. The van der Waals surface area contributed by atoms with E-state index in [2.05, 4.69) is 15.3 Å². The van der Waals surface area contributed by atoms with Gasteiger partial charge in [-0.25, -0.2) is 9.78 Å². The van der Waals surface area contributed by atoms with Gasteiger partial charge < -0.3 is 15.0 Å². The number of aromatic amines is 1. The first-order chi connectivity index (χ1) is 13.7. The number of carbonyl (C=O) groups is 2. The van der Waals surface area contributed by atoms with Gasteiger partial charge in [-0.05, 0) is 23.1 Å². The fourth-order valence-corrected chi connectivity index (χ4v) is 4.59. The van der Waals surface area contributed by atoms with Crippen LogP contribution >= 0.6 is 22.7 Å². The lowest BCUT2D eigenvalue weighted by molar-refractivity contribution is -0.142. The van der Waals surface area contributed by atoms with Gasteiger partial charge in [0, 0.05) is 28.9 Å². The van der Waals surface area contributed by atoms with Crippen molar-refractivity contribution in [2.45, 2.75) is 12.5 Å². The molecule has 142 valence electrons. The largest absolute Gasteiger partial charge is 0.467 e. The summed E-state index contributed by atoms with van der Waals surface area (Å²) in [6.07, 6.45) is 2.18. The van der Waals surface area contributed by atoms with Crippen molar-refractivity contribution in [1.29, 1.82) is 0 Å². The van der Waals surface area contributed by atoms with Crippen molar-refractivity contribution in [2.75, 3.05) is 7.11 Å². The Labute approximate surface area is 169 Å². The number of hydrogen-bond donors (Lipinski definition) is 2. The second kappa shape index (κ2) is 7.95. The van der Waals surface area contributed by atoms with Crippen LogP contribution in [0.25, 0.3) is 20.8 Å². The molecular formula is C20H17N3O3S2.